The number of nitrogens with one attached hydrogen (secondary N) is 2. The van der Waals surface area contributed by atoms with Gasteiger partial charge in [-0.1, -0.05) is 24.3 Å². The molecular formula is C22H22N4O2. The number of H-pyrrole nitrogens is 1. The number of aromatic amines is 1. The van der Waals surface area contributed by atoms with Gasteiger partial charge in [-0.2, -0.15) is 0 Å². The highest BCUT2D eigenvalue weighted by Gasteiger charge is 2.13. The highest BCUT2D eigenvalue weighted by molar-refractivity contribution is 6.12. The zero-order chi connectivity index (χ0) is 19.7. The summed E-state index contributed by atoms with van der Waals surface area (Å²) in [7, 11) is 4.09. The van der Waals surface area contributed by atoms with Crippen LogP contribution in [0, 0.1) is 0 Å². The molecule has 4 aromatic rings. The molecule has 0 saturated heterocycles. The lowest BCUT2D eigenvalue weighted by atomic mass is 10.1. The van der Waals surface area contributed by atoms with Gasteiger partial charge < -0.3 is 19.8 Å². The van der Waals surface area contributed by atoms with Crippen LogP contribution in [0.3, 0.4) is 0 Å². The van der Waals surface area contributed by atoms with E-state index in [-0.39, 0.29) is 11.5 Å². The van der Waals surface area contributed by atoms with Crippen LogP contribution in [-0.4, -0.2) is 41.0 Å². The number of nitrogens with zero attached hydrogens (tertiary/aromatic N) is 2. The molecule has 6 heteroatoms. The van der Waals surface area contributed by atoms with Crippen LogP contribution in [0.1, 0.15) is 10.4 Å². The molecule has 0 atom stereocenters. The minimum atomic E-state index is -0.298. The third kappa shape index (κ3) is 3.54. The number of para-hydroxylation sites is 1. The van der Waals surface area contributed by atoms with Gasteiger partial charge in [0.05, 0.1) is 11.1 Å². The maximum absolute atomic E-state index is 12.9. The van der Waals surface area contributed by atoms with Gasteiger partial charge in [0.25, 0.3) is 5.91 Å². The van der Waals surface area contributed by atoms with Crippen molar-refractivity contribution in [3.63, 3.8) is 0 Å². The smallest absolute Gasteiger partial charge is 0.256 e. The van der Waals surface area contributed by atoms with Crippen LogP contribution in [0.4, 0.5) is 5.69 Å². The van der Waals surface area contributed by atoms with E-state index < -0.39 is 0 Å². The first-order valence-electron chi connectivity index (χ1n) is 9.18. The van der Waals surface area contributed by atoms with Crippen molar-refractivity contribution in [1.82, 2.24) is 14.5 Å². The molecule has 0 spiro atoms. The summed E-state index contributed by atoms with van der Waals surface area (Å²) in [5.41, 5.74) is 2.48. The maximum Gasteiger partial charge on any atom is 0.256 e. The largest absolute Gasteiger partial charge is 0.346 e. The first kappa shape index (κ1) is 18.0. The number of pyridine rings is 1. The summed E-state index contributed by atoms with van der Waals surface area (Å²) in [4.78, 5) is 29.7. The predicted molar refractivity (Wildman–Crippen MR) is 113 cm³/mol. The Morgan fingerprint density at radius 3 is 2.75 bits per heavy atom. The quantitative estimate of drug-likeness (QED) is 0.563. The second kappa shape index (κ2) is 7.32. The monoisotopic (exact) mass is 374 g/mol. The molecule has 142 valence electrons. The standard InChI is InChI=1S/C22H22N4O2/c1-25(2)11-12-26-10-9-15-7-8-16(13-20(15)26)23-22(28)18-14-21(27)24-19-6-4-3-5-17(18)19/h3-10,13-14H,11-12H2,1-2H3,(H,23,28)(H,24,27). The molecule has 2 aromatic carbocycles. The average Bonchev–Trinajstić information content (AvgIpc) is 3.08. The van der Waals surface area contributed by atoms with E-state index in [1.807, 2.05) is 50.5 Å². The molecule has 28 heavy (non-hydrogen) atoms. The molecule has 0 unspecified atom stereocenters. The highest BCUT2D eigenvalue weighted by Crippen LogP contribution is 2.22. The number of hydrogen-bond donors (Lipinski definition) is 2. The molecular weight excluding hydrogens is 352 g/mol. The summed E-state index contributed by atoms with van der Waals surface area (Å²) in [5, 5.41) is 4.78. The Balaban J connectivity index is 1.66. The van der Waals surface area contributed by atoms with Gasteiger partial charge in [-0.25, -0.2) is 0 Å². The van der Waals surface area contributed by atoms with Gasteiger partial charge in [-0.3, -0.25) is 9.59 Å². The van der Waals surface area contributed by atoms with Crippen molar-refractivity contribution in [1.29, 1.82) is 0 Å². The number of benzene rings is 2. The Labute approximate surface area is 162 Å². The van der Waals surface area contributed by atoms with Crippen molar-refractivity contribution >= 4 is 33.4 Å². The number of aromatic nitrogens is 2. The number of fused-ring (bicyclic) bond motifs is 2. The van der Waals surface area contributed by atoms with Crippen molar-refractivity contribution in [2.45, 2.75) is 6.54 Å². The van der Waals surface area contributed by atoms with E-state index >= 15 is 0 Å². The number of hydrogen-bond acceptors (Lipinski definition) is 3. The first-order valence-corrected chi connectivity index (χ1v) is 9.18. The van der Waals surface area contributed by atoms with E-state index in [1.54, 1.807) is 6.07 Å². The number of carbonyl (C=O) groups is 1. The van der Waals surface area contributed by atoms with Crippen LogP contribution in [0.2, 0.25) is 0 Å². The summed E-state index contributed by atoms with van der Waals surface area (Å²) >= 11 is 0. The average molecular weight is 374 g/mol. The van der Waals surface area contributed by atoms with Crippen LogP contribution in [0.5, 0.6) is 0 Å². The summed E-state index contributed by atoms with van der Waals surface area (Å²) < 4.78 is 2.17. The van der Waals surface area contributed by atoms with Crippen LogP contribution >= 0.6 is 0 Å². The lowest BCUT2D eigenvalue weighted by molar-refractivity contribution is 0.102. The fourth-order valence-corrected chi connectivity index (χ4v) is 3.36. The Kier molecular flexibility index (Phi) is 4.71. The van der Waals surface area contributed by atoms with Crippen LogP contribution in [-0.2, 0) is 6.54 Å². The molecule has 6 nitrogen and oxygen atoms in total. The van der Waals surface area contributed by atoms with Crippen molar-refractivity contribution in [3.8, 4) is 0 Å². The van der Waals surface area contributed by atoms with Gasteiger partial charge in [-0.15, -0.1) is 0 Å². The van der Waals surface area contributed by atoms with Crippen LogP contribution < -0.4 is 10.9 Å². The minimum absolute atomic E-state index is 0.295. The summed E-state index contributed by atoms with van der Waals surface area (Å²) in [6, 6.07) is 16.6. The maximum atomic E-state index is 12.9. The Morgan fingerprint density at radius 1 is 1.11 bits per heavy atom. The Morgan fingerprint density at radius 2 is 1.93 bits per heavy atom. The molecule has 0 radical (unpaired) electrons. The van der Waals surface area contributed by atoms with Gasteiger partial charge >= 0.3 is 0 Å². The topological polar surface area (TPSA) is 70.1 Å². The predicted octanol–water partition coefficient (Wildman–Crippen LogP) is 3.30. The number of amides is 1. The lowest BCUT2D eigenvalue weighted by Crippen LogP contribution is -2.18. The van der Waals surface area contributed by atoms with E-state index in [2.05, 4.69) is 32.0 Å². The molecule has 0 fully saturated rings. The molecule has 2 heterocycles. The number of anilines is 1. The van der Waals surface area contributed by atoms with Crippen molar-refractivity contribution < 1.29 is 4.79 Å². The SMILES string of the molecule is CN(C)CCn1ccc2ccc(NC(=O)c3cc(=O)[nH]c4ccccc34)cc21. The van der Waals surface area contributed by atoms with Gasteiger partial charge in [0.15, 0.2) is 0 Å². The lowest BCUT2D eigenvalue weighted by Gasteiger charge is -2.12. The normalized spacial score (nSPS) is 11.4. The Hall–Kier alpha value is -3.38. The minimum Gasteiger partial charge on any atom is -0.346 e. The molecule has 2 aromatic heterocycles. The number of carbonyl (C=O) groups excluding carboxylic acids is 1. The molecule has 0 saturated carbocycles. The second-order valence-electron chi connectivity index (χ2n) is 7.13. The fourth-order valence-electron chi connectivity index (χ4n) is 3.36. The van der Waals surface area contributed by atoms with Crippen molar-refractivity contribution in [2.75, 3.05) is 26.0 Å². The fraction of sp³-hybridized carbons (Fsp3) is 0.182. The second-order valence-corrected chi connectivity index (χ2v) is 7.13. The van der Waals surface area contributed by atoms with Crippen molar-refractivity contribution in [2.24, 2.45) is 0 Å². The molecule has 2 N–H and O–H groups in total. The van der Waals surface area contributed by atoms with E-state index in [0.29, 0.717) is 16.8 Å². The third-order valence-electron chi connectivity index (χ3n) is 4.82. The molecule has 0 aliphatic carbocycles. The van der Waals surface area contributed by atoms with Crippen LogP contribution in [0.15, 0.2) is 65.6 Å². The third-order valence-corrected chi connectivity index (χ3v) is 4.82. The van der Waals surface area contributed by atoms with E-state index in [9.17, 15) is 9.59 Å². The zero-order valence-electron chi connectivity index (χ0n) is 15.9. The molecule has 1 amide bonds. The van der Waals surface area contributed by atoms with E-state index in [0.717, 1.165) is 29.4 Å². The molecule has 0 aliphatic heterocycles. The molecule has 0 aliphatic rings. The van der Waals surface area contributed by atoms with Crippen LogP contribution in [0.25, 0.3) is 21.8 Å². The van der Waals surface area contributed by atoms with Gasteiger partial charge in [-0.05, 0) is 43.7 Å². The van der Waals surface area contributed by atoms with Gasteiger partial charge in [0, 0.05) is 41.9 Å². The van der Waals surface area contributed by atoms with E-state index in [4.69, 9.17) is 0 Å². The Bertz CT molecular complexity index is 1220. The van der Waals surface area contributed by atoms with Crippen molar-refractivity contribution in [3.05, 3.63) is 76.7 Å². The highest BCUT2D eigenvalue weighted by atomic mass is 16.2. The molecule has 0 bridgehead atoms. The molecule has 4 rings (SSSR count). The summed E-state index contributed by atoms with van der Waals surface area (Å²) in [6.07, 6.45) is 2.06. The number of likely N-dealkylation sites (N-methyl/N-ethyl adjacent to an activating group) is 1. The van der Waals surface area contributed by atoms with Gasteiger partial charge in [0.2, 0.25) is 5.56 Å². The van der Waals surface area contributed by atoms with Gasteiger partial charge in [0.1, 0.15) is 0 Å². The first-order chi connectivity index (χ1) is 13.5. The van der Waals surface area contributed by atoms with E-state index in [1.165, 1.54) is 6.07 Å². The zero-order valence-corrected chi connectivity index (χ0v) is 15.9. The summed E-state index contributed by atoms with van der Waals surface area (Å²) in [5.74, 6) is -0.298. The summed E-state index contributed by atoms with van der Waals surface area (Å²) in [6.45, 7) is 1.80. The number of rotatable bonds is 5.